The highest BCUT2D eigenvalue weighted by atomic mass is 16.6. The Morgan fingerprint density at radius 2 is 1.52 bits per heavy atom. The lowest BCUT2D eigenvalue weighted by atomic mass is 9.78. The molecule has 23 heteroatoms. The molecule has 2 amide bonds. The van der Waals surface area contributed by atoms with Crippen molar-refractivity contribution in [3.63, 3.8) is 0 Å². The van der Waals surface area contributed by atoms with E-state index in [9.17, 15) is 39.0 Å². The Morgan fingerprint density at radius 1 is 0.802 bits per heavy atom. The van der Waals surface area contributed by atoms with Gasteiger partial charge in [-0.25, -0.2) is 24.5 Å². The van der Waals surface area contributed by atoms with Gasteiger partial charge in [-0.05, 0) is 114 Å². The molecule has 6 aliphatic rings. The number of ether oxygens (including phenoxy) is 6. The first kappa shape index (κ1) is 70.4. The summed E-state index contributed by atoms with van der Waals surface area (Å²) in [6.45, 7) is 18.0. The number of aryl methyl sites for hydroxylation is 1. The van der Waals surface area contributed by atoms with Crippen LogP contribution in [0.15, 0.2) is 60.0 Å². The van der Waals surface area contributed by atoms with Crippen LogP contribution in [0.2, 0.25) is 0 Å². The Balaban J connectivity index is 0.956. The number of fused-ring (bicyclic) bond motifs is 4. The van der Waals surface area contributed by atoms with Crippen LogP contribution in [0.1, 0.15) is 142 Å². The third kappa shape index (κ3) is 17.4. The van der Waals surface area contributed by atoms with E-state index in [-0.39, 0.29) is 42.8 Å². The summed E-state index contributed by atoms with van der Waals surface area (Å²) in [6, 6.07) is -1.20. The van der Waals surface area contributed by atoms with Crippen LogP contribution in [0.25, 0.3) is 0 Å². The number of aliphatic hydroxyl groups excluding tert-OH is 1. The molecule has 7 heterocycles. The van der Waals surface area contributed by atoms with E-state index in [1.807, 2.05) is 65.0 Å². The van der Waals surface area contributed by atoms with Crippen molar-refractivity contribution in [3.05, 3.63) is 76.8 Å². The fourth-order valence-corrected chi connectivity index (χ4v) is 13.8. The number of cyclic esters (lactones) is 1. The van der Waals surface area contributed by atoms with E-state index in [0.29, 0.717) is 133 Å². The Bertz CT molecular complexity index is 3020. The molecule has 2 aromatic heterocycles. The summed E-state index contributed by atoms with van der Waals surface area (Å²) < 4.78 is 36.4. The molecule has 91 heavy (non-hydrogen) atoms. The lowest BCUT2D eigenvalue weighted by molar-refractivity contribution is -0.265. The summed E-state index contributed by atoms with van der Waals surface area (Å²) in [6.07, 6.45) is 13.9. The van der Waals surface area contributed by atoms with Crippen LogP contribution in [0.3, 0.4) is 0 Å². The topological polar surface area (TPSA) is 289 Å². The highest BCUT2D eigenvalue weighted by molar-refractivity contribution is 6.39. The Kier molecular flexibility index (Phi) is 24.7. The highest BCUT2D eigenvalue weighted by Gasteiger charge is 2.53. The van der Waals surface area contributed by atoms with E-state index in [0.717, 1.165) is 22.4 Å². The van der Waals surface area contributed by atoms with E-state index < -0.39 is 102 Å². The zero-order valence-electron chi connectivity index (χ0n) is 55.3. The number of nitrogens with zero attached hydrogens (tertiary/aromatic N) is 8. The van der Waals surface area contributed by atoms with Crippen LogP contribution in [-0.2, 0) is 65.4 Å². The molecule has 15 atom stereocenters. The van der Waals surface area contributed by atoms with Crippen molar-refractivity contribution in [2.45, 2.75) is 200 Å². The van der Waals surface area contributed by atoms with Crippen molar-refractivity contribution in [1.29, 1.82) is 0 Å². The van der Waals surface area contributed by atoms with Crippen LogP contribution in [0.5, 0.6) is 0 Å². The largest absolute Gasteiger partial charge is 0.460 e. The number of nitrogens with two attached hydrogens (primary N) is 1. The minimum absolute atomic E-state index is 0.00719. The van der Waals surface area contributed by atoms with Gasteiger partial charge in [0.05, 0.1) is 30.6 Å². The first-order valence-corrected chi connectivity index (χ1v) is 32.8. The maximum atomic E-state index is 14.8. The number of aliphatic hydroxyl groups is 2. The van der Waals surface area contributed by atoms with E-state index in [4.69, 9.17) is 44.1 Å². The fourth-order valence-electron chi connectivity index (χ4n) is 13.8. The second kappa shape index (κ2) is 31.9. The number of ketones is 3. The number of piperazine rings is 1. The smallest absolute Gasteiger partial charge is 0.410 e. The Labute approximate surface area is 536 Å². The van der Waals surface area contributed by atoms with Gasteiger partial charge in [-0.3, -0.25) is 19.2 Å². The molecule has 2 bridgehead atoms. The van der Waals surface area contributed by atoms with Gasteiger partial charge in [0.2, 0.25) is 17.7 Å². The van der Waals surface area contributed by atoms with Gasteiger partial charge in [-0.2, -0.15) is 4.98 Å². The molecule has 8 rings (SSSR count). The number of esters is 1. The molecule has 5 aliphatic heterocycles. The molecule has 500 valence electrons. The highest BCUT2D eigenvalue weighted by Crippen LogP contribution is 2.39. The first-order valence-electron chi connectivity index (χ1n) is 32.8. The van der Waals surface area contributed by atoms with Crippen LogP contribution in [0, 0.1) is 42.4 Å². The van der Waals surface area contributed by atoms with Crippen molar-refractivity contribution in [3.8, 4) is 0 Å². The van der Waals surface area contributed by atoms with E-state index >= 15 is 0 Å². The fraction of sp³-hybridized carbons (Fsp3) is 0.676. The number of carbonyl (C=O) groups is 6. The number of carbonyl (C=O) groups excluding carboxylic acids is 6. The molecule has 1 aliphatic carbocycles. The molecule has 2 aromatic rings. The molecule has 1 saturated carbocycles. The second-order valence-electron chi connectivity index (χ2n) is 26.5. The van der Waals surface area contributed by atoms with Gasteiger partial charge in [0.15, 0.2) is 5.78 Å². The number of piperidine rings is 1. The minimum Gasteiger partial charge on any atom is -0.460 e. The standard InChI is InChI=1S/C68H99N9O14/c1-40-17-13-12-14-18-41(2)55(86-9)35-50-22-20-47(8)68(85,91-50)61(81)63(82)77-25-16-15-19-52(77)64(83)89-56(36-53(78)42(3)32-45(6)59(80)60(88-11)58(79)44(5)31-40)43(4)33-48-21-23-54(57(34-48)87-10)90-67(84)76-26-24-51-49(39-76)38-71-65(72-51)74-27-29-75(30-28-74)66-70-37-46(7)62(69)73-66/h12-14,17-18,32,37-38,40,42-44,47-48,50,52,54-57,59-60,80,85H,15-16,19-31,33-36,39H2,1-11H3,(H2,69,70,73)/b14-12?,17-13+,41-18?,45-32+/t40-,42-,43-,44-,47-,48+,50+,52+,54-,55+,56+,57-,59-,60+,68-/m1/s1. The maximum Gasteiger partial charge on any atom is 0.410 e. The first-order chi connectivity index (χ1) is 43.4. The van der Waals surface area contributed by atoms with E-state index in [2.05, 4.69) is 19.8 Å². The summed E-state index contributed by atoms with van der Waals surface area (Å²) in [4.78, 5) is 112. The third-order valence-electron chi connectivity index (χ3n) is 19.7. The Morgan fingerprint density at radius 3 is 2.21 bits per heavy atom. The van der Waals surface area contributed by atoms with Gasteiger partial charge in [-0.1, -0.05) is 71.1 Å². The van der Waals surface area contributed by atoms with Crippen LogP contribution in [0.4, 0.5) is 22.5 Å². The van der Waals surface area contributed by atoms with Crippen molar-refractivity contribution >= 4 is 53.0 Å². The summed E-state index contributed by atoms with van der Waals surface area (Å²) in [7, 11) is 4.54. The quantitative estimate of drug-likeness (QED) is 0.127. The number of amides is 2. The number of Topliss-reactive ketones (excluding diaryl/α,β-unsaturated/α-hetero) is 3. The maximum absolute atomic E-state index is 14.8. The number of rotatable bonds is 9. The number of hydrogen-bond acceptors (Lipinski definition) is 21. The number of allylic oxidation sites excluding steroid dienone is 6. The summed E-state index contributed by atoms with van der Waals surface area (Å²) in [5.74, 6) is -6.80. The Hall–Kier alpha value is -6.50. The molecule has 4 fully saturated rings. The number of methoxy groups -OCH3 is 3. The van der Waals surface area contributed by atoms with Gasteiger partial charge in [-0.15, -0.1) is 0 Å². The zero-order valence-corrected chi connectivity index (χ0v) is 55.3. The zero-order chi connectivity index (χ0) is 65.8. The summed E-state index contributed by atoms with van der Waals surface area (Å²) in [5, 5.41) is 23.8. The molecule has 23 nitrogen and oxygen atoms in total. The summed E-state index contributed by atoms with van der Waals surface area (Å²) in [5.41, 5.74) is 9.86. The number of aromatic nitrogens is 4. The van der Waals surface area contributed by atoms with Crippen molar-refractivity contribution in [2.75, 3.05) is 76.1 Å². The van der Waals surface area contributed by atoms with Crippen molar-refractivity contribution in [1.82, 2.24) is 29.7 Å². The predicted molar refractivity (Wildman–Crippen MR) is 341 cm³/mol. The van der Waals surface area contributed by atoms with Gasteiger partial charge in [0.25, 0.3) is 11.7 Å². The van der Waals surface area contributed by atoms with Crippen LogP contribution in [-0.4, -0.2) is 190 Å². The minimum atomic E-state index is -2.47. The normalized spacial score (nSPS) is 33.0. The van der Waals surface area contributed by atoms with Gasteiger partial charge >= 0.3 is 12.1 Å². The molecule has 0 aromatic carbocycles. The van der Waals surface area contributed by atoms with Gasteiger partial charge in [0.1, 0.15) is 42.1 Å². The molecule has 0 radical (unpaired) electrons. The second-order valence-corrected chi connectivity index (χ2v) is 26.5. The molecular formula is C68H99N9O14. The average molecular weight is 1270 g/mol. The van der Waals surface area contributed by atoms with E-state index in [1.165, 1.54) is 12.0 Å². The van der Waals surface area contributed by atoms with E-state index in [1.54, 1.807) is 58.4 Å². The summed E-state index contributed by atoms with van der Waals surface area (Å²) >= 11 is 0. The SMILES string of the molecule is CO[C@H]1C[C@@H]2CC[C@@H](C)[C@@](O)(O2)C(=O)C(=O)N2CCCC[C@H]2C(=O)O[C@H]([C@H](C)C[C@@H]2CC[C@@H](OC(=O)N3CCc4nc(N5CCN(c6ncc(C)c(N)n6)CC5)ncc4C3)[C@H](OC)C2)CC(=O)[C@H](C)/C=C(\C)[C@@H](O)[C@@H](OC)C(=O)[C@H](C)C[C@H](C)/C=C/C=CC=C1C. The van der Waals surface area contributed by atoms with Crippen LogP contribution < -0.4 is 15.5 Å². The number of nitrogen functional groups attached to an aromatic ring is 1. The molecule has 0 unspecified atom stereocenters. The van der Waals surface area contributed by atoms with Crippen LogP contribution >= 0.6 is 0 Å². The van der Waals surface area contributed by atoms with Gasteiger partial charge in [0, 0.05) is 121 Å². The lowest BCUT2D eigenvalue weighted by Gasteiger charge is -2.42. The molecule has 4 N–H and O–H groups in total. The van der Waals surface area contributed by atoms with Crippen molar-refractivity contribution < 1.29 is 67.4 Å². The third-order valence-corrected chi connectivity index (χ3v) is 19.7. The average Bonchev–Trinajstić information content (AvgIpc) is 0.807. The monoisotopic (exact) mass is 1270 g/mol. The van der Waals surface area contributed by atoms with Crippen molar-refractivity contribution in [2.24, 2.45) is 35.5 Å². The van der Waals surface area contributed by atoms with Gasteiger partial charge < -0.3 is 64.0 Å². The number of hydrogen-bond donors (Lipinski definition) is 3. The molecular weight excluding hydrogens is 1170 g/mol. The molecule has 0 spiro atoms. The number of anilines is 3. The molecule has 3 saturated heterocycles. The lowest BCUT2D eigenvalue weighted by Crippen LogP contribution is -2.61. The predicted octanol–water partition coefficient (Wildman–Crippen LogP) is 7.18.